The van der Waals surface area contributed by atoms with Crippen LogP contribution in [0.3, 0.4) is 0 Å². The van der Waals surface area contributed by atoms with E-state index in [2.05, 4.69) is 23.1 Å². The molecule has 0 atom stereocenters. The number of carbonyl (C=O) groups is 1. The van der Waals surface area contributed by atoms with E-state index in [1.807, 2.05) is 13.8 Å². The molecule has 0 saturated carbocycles. The molecule has 0 aliphatic rings. The summed E-state index contributed by atoms with van der Waals surface area (Å²) >= 11 is 0. The van der Waals surface area contributed by atoms with E-state index in [4.69, 9.17) is 9.99 Å². The van der Waals surface area contributed by atoms with Crippen LogP contribution in [0.4, 0.5) is 0 Å². The first kappa shape index (κ1) is 13.7. The maximum Gasteiger partial charge on any atom is 0.308 e. The summed E-state index contributed by atoms with van der Waals surface area (Å²) in [4.78, 5) is 14.9. The Morgan fingerprint density at radius 2 is 2.06 bits per heavy atom. The van der Waals surface area contributed by atoms with Gasteiger partial charge >= 0.3 is 5.97 Å². The molecule has 0 fully saturated rings. The van der Waals surface area contributed by atoms with Crippen molar-refractivity contribution in [2.24, 2.45) is 0 Å². The highest BCUT2D eigenvalue weighted by Gasteiger charge is 2.04. The summed E-state index contributed by atoms with van der Waals surface area (Å²) in [6.45, 7) is 4.40. The molecule has 1 N–H and O–H groups in total. The largest absolute Gasteiger partial charge is 0.465 e. The van der Waals surface area contributed by atoms with Gasteiger partial charge in [-0.2, -0.15) is 0 Å². The SMILES string of the molecule is Cc1ccc(C)c(CCOC(=O)CCOO)c1. The zero-order valence-electron chi connectivity index (χ0n) is 10.2. The molecule has 0 aliphatic carbocycles. The maximum absolute atomic E-state index is 11.1. The second kappa shape index (κ2) is 7.04. The minimum absolute atomic E-state index is 0.0255. The summed E-state index contributed by atoms with van der Waals surface area (Å²) in [5.41, 5.74) is 3.59. The predicted octanol–water partition coefficient (Wildman–Crippen LogP) is 2.27. The summed E-state index contributed by atoms with van der Waals surface area (Å²) in [5, 5.41) is 8.08. The molecule has 1 aromatic rings. The highest BCUT2D eigenvalue weighted by atomic mass is 17.1. The van der Waals surface area contributed by atoms with E-state index in [1.165, 1.54) is 16.7 Å². The van der Waals surface area contributed by atoms with Crippen LogP contribution in [0.15, 0.2) is 18.2 Å². The van der Waals surface area contributed by atoms with E-state index in [-0.39, 0.29) is 19.0 Å². The predicted molar refractivity (Wildman–Crippen MR) is 63.8 cm³/mol. The van der Waals surface area contributed by atoms with Crippen molar-refractivity contribution in [2.45, 2.75) is 26.7 Å². The van der Waals surface area contributed by atoms with Crippen LogP contribution in [0.2, 0.25) is 0 Å². The fourth-order valence-electron chi connectivity index (χ4n) is 1.55. The van der Waals surface area contributed by atoms with Crippen molar-refractivity contribution in [1.82, 2.24) is 0 Å². The van der Waals surface area contributed by atoms with Crippen molar-refractivity contribution in [3.05, 3.63) is 34.9 Å². The van der Waals surface area contributed by atoms with Crippen LogP contribution in [0, 0.1) is 13.8 Å². The Hall–Kier alpha value is -1.39. The summed E-state index contributed by atoms with van der Waals surface area (Å²) in [7, 11) is 0. The molecule has 0 aliphatic heterocycles. The van der Waals surface area contributed by atoms with E-state index in [9.17, 15) is 4.79 Å². The molecule has 0 heterocycles. The summed E-state index contributed by atoms with van der Waals surface area (Å²) < 4.78 is 5.01. The second-order valence-corrected chi connectivity index (χ2v) is 3.98. The molecule has 0 bridgehead atoms. The first-order valence-corrected chi connectivity index (χ1v) is 5.61. The summed E-state index contributed by atoms with van der Waals surface area (Å²) in [5.74, 6) is -0.357. The van der Waals surface area contributed by atoms with Gasteiger partial charge in [0.25, 0.3) is 0 Å². The van der Waals surface area contributed by atoms with Crippen LogP contribution in [0.1, 0.15) is 23.1 Å². The highest BCUT2D eigenvalue weighted by molar-refractivity contribution is 5.69. The minimum Gasteiger partial charge on any atom is -0.465 e. The molecule has 0 aromatic heterocycles. The van der Waals surface area contributed by atoms with Crippen molar-refractivity contribution in [2.75, 3.05) is 13.2 Å². The van der Waals surface area contributed by atoms with Gasteiger partial charge in [0.05, 0.1) is 19.6 Å². The molecule has 0 amide bonds. The molecule has 94 valence electrons. The van der Waals surface area contributed by atoms with Gasteiger partial charge in [0.2, 0.25) is 0 Å². The third-order valence-electron chi connectivity index (χ3n) is 2.54. The number of aryl methyl sites for hydroxylation is 2. The van der Waals surface area contributed by atoms with Gasteiger partial charge in [0, 0.05) is 6.42 Å². The van der Waals surface area contributed by atoms with Crippen molar-refractivity contribution >= 4 is 5.97 Å². The van der Waals surface area contributed by atoms with Crippen molar-refractivity contribution in [3.8, 4) is 0 Å². The molecule has 4 heteroatoms. The Balaban J connectivity index is 2.35. The lowest BCUT2D eigenvalue weighted by atomic mass is 10.0. The molecule has 0 unspecified atom stereocenters. The fourth-order valence-corrected chi connectivity index (χ4v) is 1.55. The number of hydrogen-bond donors (Lipinski definition) is 1. The van der Waals surface area contributed by atoms with Gasteiger partial charge in [-0.25, -0.2) is 4.89 Å². The third-order valence-corrected chi connectivity index (χ3v) is 2.54. The molecule has 0 saturated heterocycles. The summed E-state index contributed by atoms with van der Waals surface area (Å²) in [6, 6.07) is 6.22. The van der Waals surface area contributed by atoms with Crippen molar-refractivity contribution in [3.63, 3.8) is 0 Å². The van der Waals surface area contributed by atoms with E-state index >= 15 is 0 Å². The lowest BCUT2D eigenvalue weighted by molar-refractivity contribution is -0.243. The Morgan fingerprint density at radius 1 is 1.29 bits per heavy atom. The lowest BCUT2D eigenvalue weighted by Crippen LogP contribution is -2.10. The molecule has 0 radical (unpaired) electrons. The smallest absolute Gasteiger partial charge is 0.308 e. The maximum atomic E-state index is 11.1. The van der Waals surface area contributed by atoms with E-state index < -0.39 is 0 Å². The minimum atomic E-state index is -0.357. The quantitative estimate of drug-likeness (QED) is 0.469. The summed E-state index contributed by atoms with van der Waals surface area (Å²) in [6.07, 6.45) is 0.780. The van der Waals surface area contributed by atoms with Crippen molar-refractivity contribution < 1.29 is 19.7 Å². The molecule has 17 heavy (non-hydrogen) atoms. The lowest BCUT2D eigenvalue weighted by Gasteiger charge is -2.08. The van der Waals surface area contributed by atoms with Gasteiger partial charge in [0.1, 0.15) is 0 Å². The zero-order valence-corrected chi connectivity index (χ0v) is 10.2. The van der Waals surface area contributed by atoms with Crippen LogP contribution in [-0.4, -0.2) is 24.4 Å². The molecule has 1 aromatic carbocycles. The molecule has 4 nitrogen and oxygen atoms in total. The third kappa shape index (κ3) is 4.97. The fraction of sp³-hybridized carbons (Fsp3) is 0.462. The Morgan fingerprint density at radius 3 is 2.76 bits per heavy atom. The van der Waals surface area contributed by atoms with Crippen molar-refractivity contribution in [1.29, 1.82) is 0 Å². The Kier molecular flexibility index (Phi) is 5.66. The highest BCUT2D eigenvalue weighted by Crippen LogP contribution is 2.11. The Bertz CT molecular complexity index is 374. The van der Waals surface area contributed by atoms with E-state index in [0.717, 1.165) is 0 Å². The molecule has 0 spiro atoms. The molecule has 1 rings (SSSR count). The number of hydrogen-bond acceptors (Lipinski definition) is 4. The first-order valence-electron chi connectivity index (χ1n) is 5.61. The van der Waals surface area contributed by atoms with Gasteiger partial charge < -0.3 is 4.74 Å². The van der Waals surface area contributed by atoms with E-state index in [1.54, 1.807) is 0 Å². The van der Waals surface area contributed by atoms with Gasteiger partial charge in [-0.15, -0.1) is 0 Å². The van der Waals surface area contributed by atoms with Crippen LogP contribution in [0.5, 0.6) is 0 Å². The number of ether oxygens (including phenoxy) is 1. The monoisotopic (exact) mass is 238 g/mol. The normalized spacial score (nSPS) is 10.3. The van der Waals surface area contributed by atoms with Crippen LogP contribution >= 0.6 is 0 Å². The number of benzene rings is 1. The topological polar surface area (TPSA) is 55.8 Å². The first-order chi connectivity index (χ1) is 8.13. The van der Waals surface area contributed by atoms with Crippen LogP contribution in [-0.2, 0) is 20.8 Å². The number of carbonyl (C=O) groups excluding carboxylic acids is 1. The van der Waals surface area contributed by atoms with E-state index in [0.29, 0.717) is 13.0 Å². The standard InChI is InChI=1S/C13H18O4/c1-10-3-4-11(2)12(9-10)5-7-16-13(14)6-8-17-15/h3-4,9,15H,5-8H2,1-2H3. The van der Waals surface area contributed by atoms with Crippen LogP contribution < -0.4 is 0 Å². The van der Waals surface area contributed by atoms with Gasteiger partial charge in [0.15, 0.2) is 0 Å². The van der Waals surface area contributed by atoms with Gasteiger partial charge in [-0.3, -0.25) is 10.1 Å². The molecular formula is C13H18O4. The Labute approximate surface area is 101 Å². The molecular weight excluding hydrogens is 220 g/mol. The average Bonchev–Trinajstić information content (AvgIpc) is 2.31. The zero-order chi connectivity index (χ0) is 12.7. The second-order valence-electron chi connectivity index (χ2n) is 3.98. The average molecular weight is 238 g/mol. The van der Waals surface area contributed by atoms with Gasteiger partial charge in [-0.05, 0) is 25.0 Å². The number of rotatable bonds is 6. The number of esters is 1. The van der Waals surface area contributed by atoms with Crippen LogP contribution in [0.25, 0.3) is 0 Å². The van der Waals surface area contributed by atoms with Gasteiger partial charge in [-0.1, -0.05) is 23.8 Å².